The standard InChI is InChI=1S/C14H21ClS/c1-10-9-13(11(2)16-10)14(15)12-7-5-3-4-6-8-12/h9,12,14H,3-8H2,1-2H3. The second kappa shape index (κ2) is 5.55. The second-order valence-electron chi connectivity index (χ2n) is 5.02. The predicted octanol–water partition coefficient (Wildman–Crippen LogP) is 5.62. The molecule has 90 valence electrons. The van der Waals surface area contributed by atoms with E-state index in [-0.39, 0.29) is 5.38 Å². The molecule has 0 N–H and O–H groups in total. The van der Waals surface area contributed by atoms with Crippen LogP contribution in [0.4, 0.5) is 0 Å². The molecule has 1 saturated carbocycles. The van der Waals surface area contributed by atoms with E-state index in [2.05, 4.69) is 19.9 Å². The fraction of sp³-hybridized carbons (Fsp3) is 0.714. The molecular formula is C14H21ClS. The second-order valence-corrected chi connectivity index (χ2v) is 6.95. The van der Waals surface area contributed by atoms with Crippen molar-refractivity contribution >= 4 is 22.9 Å². The van der Waals surface area contributed by atoms with E-state index in [4.69, 9.17) is 11.6 Å². The molecular weight excluding hydrogens is 236 g/mol. The summed E-state index contributed by atoms with van der Waals surface area (Å²) >= 11 is 8.57. The van der Waals surface area contributed by atoms with Crippen molar-refractivity contribution in [3.8, 4) is 0 Å². The van der Waals surface area contributed by atoms with Gasteiger partial charge in [-0.2, -0.15) is 0 Å². The third-order valence-electron chi connectivity index (χ3n) is 3.69. The van der Waals surface area contributed by atoms with Gasteiger partial charge in [0.05, 0.1) is 5.38 Å². The molecule has 2 heteroatoms. The molecule has 0 saturated heterocycles. The van der Waals surface area contributed by atoms with Crippen LogP contribution < -0.4 is 0 Å². The fourth-order valence-corrected chi connectivity index (χ4v) is 4.30. The summed E-state index contributed by atoms with van der Waals surface area (Å²) in [6.07, 6.45) is 8.20. The minimum absolute atomic E-state index is 0.253. The Morgan fingerprint density at radius 2 is 1.81 bits per heavy atom. The molecule has 1 fully saturated rings. The molecule has 2 rings (SSSR count). The molecule has 0 aliphatic heterocycles. The largest absolute Gasteiger partial charge is 0.146 e. The van der Waals surface area contributed by atoms with Crippen molar-refractivity contribution in [2.45, 2.75) is 57.7 Å². The van der Waals surface area contributed by atoms with Gasteiger partial charge in [-0.3, -0.25) is 0 Å². The molecule has 0 nitrogen and oxygen atoms in total. The van der Waals surface area contributed by atoms with E-state index in [0.29, 0.717) is 5.92 Å². The van der Waals surface area contributed by atoms with Crippen molar-refractivity contribution in [3.05, 3.63) is 21.4 Å². The molecule has 1 aliphatic carbocycles. The van der Waals surface area contributed by atoms with E-state index in [9.17, 15) is 0 Å². The minimum atomic E-state index is 0.253. The minimum Gasteiger partial charge on any atom is -0.146 e. The highest BCUT2D eigenvalue weighted by atomic mass is 35.5. The van der Waals surface area contributed by atoms with Crippen LogP contribution in [0.3, 0.4) is 0 Å². The van der Waals surface area contributed by atoms with Crippen LogP contribution in [-0.2, 0) is 0 Å². The molecule has 0 radical (unpaired) electrons. The van der Waals surface area contributed by atoms with Crippen molar-refractivity contribution in [3.63, 3.8) is 0 Å². The quantitative estimate of drug-likeness (QED) is 0.476. The number of halogens is 1. The molecule has 1 aromatic heterocycles. The van der Waals surface area contributed by atoms with Gasteiger partial charge in [0.15, 0.2) is 0 Å². The van der Waals surface area contributed by atoms with Crippen LogP contribution in [0.25, 0.3) is 0 Å². The zero-order valence-electron chi connectivity index (χ0n) is 10.3. The van der Waals surface area contributed by atoms with Gasteiger partial charge in [-0.1, -0.05) is 25.7 Å². The van der Waals surface area contributed by atoms with E-state index in [0.717, 1.165) is 0 Å². The van der Waals surface area contributed by atoms with Crippen molar-refractivity contribution < 1.29 is 0 Å². The highest BCUT2D eigenvalue weighted by Gasteiger charge is 2.24. The lowest BCUT2D eigenvalue weighted by atomic mass is 9.92. The van der Waals surface area contributed by atoms with Crippen LogP contribution in [-0.4, -0.2) is 0 Å². The average Bonchev–Trinajstić information content (AvgIpc) is 2.49. The summed E-state index contributed by atoms with van der Waals surface area (Å²) in [5, 5.41) is 0.253. The van der Waals surface area contributed by atoms with Gasteiger partial charge in [0, 0.05) is 9.75 Å². The summed E-state index contributed by atoms with van der Waals surface area (Å²) in [5.74, 6) is 0.705. The smallest absolute Gasteiger partial charge is 0.0624 e. The van der Waals surface area contributed by atoms with Gasteiger partial charge in [0.1, 0.15) is 0 Å². The zero-order valence-corrected chi connectivity index (χ0v) is 11.8. The van der Waals surface area contributed by atoms with E-state index >= 15 is 0 Å². The monoisotopic (exact) mass is 256 g/mol. The van der Waals surface area contributed by atoms with Gasteiger partial charge in [-0.15, -0.1) is 22.9 Å². The van der Waals surface area contributed by atoms with Gasteiger partial charge < -0.3 is 0 Å². The zero-order chi connectivity index (χ0) is 11.5. The average molecular weight is 257 g/mol. The maximum absolute atomic E-state index is 6.68. The normalized spacial score (nSPS) is 20.7. The molecule has 0 spiro atoms. The third-order valence-corrected chi connectivity index (χ3v) is 5.26. The number of hydrogen-bond donors (Lipinski definition) is 0. The molecule has 0 aromatic carbocycles. The Kier molecular flexibility index (Phi) is 4.32. The van der Waals surface area contributed by atoms with E-state index in [1.54, 1.807) is 0 Å². The Balaban J connectivity index is 2.10. The molecule has 1 unspecified atom stereocenters. The topological polar surface area (TPSA) is 0 Å². The predicted molar refractivity (Wildman–Crippen MR) is 73.6 cm³/mol. The van der Waals surface area contributed by atoms with Gasteiger partial charge in [-0.05, 0) is 44.2 Å². The summed E-state index contributed by atoms with van der Waals surface area (Å²) in [4.78, 5) is 2.81. The summed E-state index contributed by atoms with van der Waals surface area (Å²) in [5.41, 5.74) is 1.40. The van der Waals surface area contributed by atoms with Crippen molar-refractivity contribution in [2.24, 2.45) is 5.92 Å². The van der Waals surface area contributed by atoms with Crippen LogP contribution in [0, 0.1) is 19.8 Å². The number of thiophene rings is 1. The van der Waals surface area contributed by atoms with Crippen molar-refractivity contribution in [2.75, 3.05) is 0 Å². The molecule has 1 aliphatic rings. The lowest BCUT2D eigenvalue weighted by molar-refractivity contribution is 0.445. The first kappa shape index (κ1) is 12.4. The summed E-state index contributed by atoms with van der Waals surface area (Å²) < 4.78 is 0. The molecule has 0 bridgehead atoms. The molecule has 1 heterocycles. The fourth-order valence-electron chi connectivity index (χ4n) is 2.78. The number of hydrogen-bond acceptors (Lipinski definition) is 1. The van der Waals surface area contributed by atoms with Crippen molar-refractivity contribution in [1.29, 1.82) is 0 Å². The lowest BCUT2D eigenvalue weighted by Crippen LogP contribution is -2.07. The lowest BCUT2D eigenvalue weighted by Gasteiger charge is -2.20. The van der Waals surface area contributed by atoms with E-state index in [1.165, 1.54) is 53.8 Å². The molecule has 16 heavy (non-hydrogen) atoms. The van der Waals surface area contributed by atoms with Crippen LogP contribution in [0.1, 0.15) is 59.2 Å². The molecule has 0 amide bonds. The van der Waals surface area contributed by atoms with Crippen LogP contribution in [0.15, 0.2) is 6.07 Å². The number of aryl methyl sites for hydroxylation is 2. The maximum Gasteiger partial charge on any atom is 0.0624 e. The van der Waals surface area contributed by atoms with E-state index in [1.807, 2.05) is 11.3 Å². The highest BCUT2D eigenvalue weighted by Crippen LogP contribution is 2.41. The summed E-state index contributed by atoms with van der Waals surface area (Å²) in [7, 11) is 0. The SMILES string of the molecule is Cc1cc(C(Cl)C2CCCCCC2)c(C)s1. The number of alkyl halides is 1. The van der Waals surface area contributed by atoms with Gasteiger partial charge in [-0.25, -0.2) is 0 Å². The first-order valence-electron chi connectivity index (χ1n) is 6.39. The van der Waals surface area contributed by atoms with E-state index < -0.39 is 0 Å². The Morgan fingerprint density at radius 3 is 2.31 bits per heavy atom. The first-order chi connectivity index (χ1) is 7.68. The van der Waals surface area contributed by atoms with Crippen molar-refractivity contribution in [1.82, 2.24) is 0 Å². The maximum atomic E-state index is 6.68. The Morgan fingerprint density at radius 1 is 1.19 bits per heavy atom. The molecule has 1 atom stereocenters. The highest BCUT2D eigenvalue weighted by molar-refractivity contribution is 7.12. The summed E-state index contributed by atoms with van der Waals surface area (Å²) in [6.45, 7) is 4.39. The van der Waals surface area contributed by atoms with Gasteiger partial charge >= 0.3 is 0 Å². The third kappa shape index (κ3) is 2.81. The summed E-state index contributed by atoms with van der Waals surface area (Å²) in [6, 6.07) is 2.29. The van der Waals surface area contributed by atoms with Gasteiger partial charge in [0.2, 0.25) is 0 Å². The van der Waals surface area contributed by atoms with Crippen LogP contribution in [0.5, 0.6) is 0 Å². The Labute approximate surface area is 108 Å². The van der Waals surface area contributed by atoms with Gasteiger partial charge in [0.25, 0.3) is 0 Å². The molecule has 1 aromatic rings. The van der Waals surface area contributed by atoms with Crippen LogP contribution in [0.2, 0.25) is 0 Å². The number of rotatable bonds is 2. The Bertz CT molecular complexity index is 335. The first-order valence-corrected chi connectivity index (χ1v) is 7.65. The Hall–Kier alpha value is -0.0100. The van der Waals surface area contributed by atoms with Crippen LogP contribution >= 0.6 is 22.9 Å².